The highest BCUT2D eigenvalue weighted by atomic mass is 32.2. The second kappa shape index (κ2) is 3.59. The molecule has 6 heteroatoms. The molecule has 1 saturated heterocycles. The zero-order valence-corrected chi connectivity index (χ0v) is 8.13. The minimum atomic E-state index is -1.17. The summed E-state index contributed by atoms with van der Waals surface area (Å²) < 4.78 is 5.18. The van der Waals surface area contributed by atoms with Gasteiger partial charge in [0.2, 0.25) is 0 Å². The van der Waals surface area contributed by atoms with Crippen LogP contribution in [0.5, 0.6) is 0 Å². The third kappa shape index (κ3) is 2.62. The maximum absolute atomic E-state index is 10.4. The minimum Gasteiger partial charge on any atom is -0.461 e. The van der Waals surface area contributed by atoms with Crippen LogP contribution in [-0.2, 0) is 9.53 Å². The second-order valence-corrected chi connectivity index (χ2v) is 4.17. The molecule has 68 valence electrons. The number of rotatable bonds is 2. The zero-order valence-electron chi connectivity index (χ0n) is 6.49. The summed E-state index contributed by atoms with van der Waals surface area (Å²) in [6.45, 7) is 1.24. The fourth-order valence-corrected chi connectivity index (χ4v) is 1.90. The molecule has 1 atom stereocenters. The predicted molar refractivity (Wildman–Crippen MR) is 49.8 cm³/mol. The van der Waals surface area contributed by atoms with Crippen LogP contribution < -0.4 is 5.32 Å². The van der Waals surface area contributed by atoms with Crippen molar-refractivity contribution in [1.29, 1.82) is 0 Å². The van der Waals surface area contributed by atoms with Crippen molar-refractivity contribution in [2.24, 2.45) is 0 Å². The lowest BCUT2D eigenvalue weighted by molar-refractivity contribution is -0.148. The Labute approximate surface area is 79.7 Å². The van der Waals surface area contributed by atoms with E-state index in [0.717, 1.165) is 0 Å². The maximum atomic E-state index is 10.4. The van der Waals surface area contributed by atoms with E-state index in [-0.39, 0.29) is 6.61 Å². The molecule has 1 aliphatic rings. The Balaban J connectivity index is 2.40. The molecule has 0 saturated carbocycles. The molecule has 4 nitrogen and oxygen atoms in total. The Kier molecular flexibility index (Phi) is 2.92. The number of ether oxygens (including phenoxy) is 1. The second-order valence-electron chi connectivity index (χ2n) is 2.51. The van der Waals surface area contributed by atoms with Crippen molar-refractivity contribution >= 4 is 34.3 Å². The van der Waals surface area contributed by atoms with Crippen molar-refractivity contribution < 1.29 is 14.6 Å². The highest BCUT2D eigenvalue weighted by molar-refractivity contribution is 8.23. The average molecular weight is 207 g/mol. The molecule has 0 radical (unpaired) electrons. The van der Waals surface area contributed by atoms with Gasteiger partial charge < -0.3 is 15.2 Å². The lowest BCUT2D eigenvalue weighted by Gasteiger charge is -2.20. The zero-order chi connectivity index (χ0) is 9.19. The molecular formula is C6H9NO3S2. The van der Waals surface area contributed by atoms with Crippen LogP contribution in [0, 0.1) is 0 Å². The van der Waals surface area contributed by atoms with Gasteiger partial charge in [-0.3, -0.25) is 4.79 Å². The number of thioether (sulfide) groups is 1. The van der Waals surface area contributed by atoms with Gasteiger partial charge in [-0.05, 0) is 0 Å². The Hall–Kier alpha value is -0.330. The fraction of sp³-hybridized carbons (Fsp3) is 0.667. The van der Waals surface area contributed by atoms with Crippen molar-refractivity contribution in [3.8, 4) is 0 Å². The molecule has 0 aromatic heterocycles. The number of nitrogens with one attached hydrogen (secondary N) is 1. The van der Waals surface area contributed by atoms with E-state index >= 15 is 0 Å². The van der Waals surface area contributed by atoms with Gasteiger partial charge in [0.15, 0.2) is 5.72 Å². The molecule has 1 unspecified atom stereocenters. The molecule has 1 aliphatic heterocycles. The molecule has 0 aliphatic carbocycles. The van der Waals surface area contributed by atoms with Gasteiger partial charge in [-0.25, -0.2) is 0 Å². The molecule has 1 fully saturated rings. The lowest BCUT2D eigenvalue weighted by Crippen LogP contribution is -2.47. The smallest absolute Gasteiger partial charge is 0.302 e. The van der Waals surface area contributed by atoms with Crippen LogP contribution in [0.15, 0.2) is 0 Å². The quantitative estimate of drug-likeness (QED) is 0.485. The first-order valence-corrected chi connectivity index (χ1v) is 4.72. The molecule has 0 aromatic rings. The van der Waals surface area contributed by atoms with Crippen LogP contribution in [0.1, 0.15) is 6.92 Å². The van der Waals surface area contributed by atoms with Gasteiger partial charge in [-0.1, -0.05) is 24.0 Å². The molecule has 12 heavy (non-hydrogen) atoms. The number of hydrogen-bond acceptors (Lipinski definition) is 5. The summed E-state index contributed by atoms with van der Waals surface area (Å²) in [4.78, 5) is 10.4. The standard InChI is InChI=1S/C6H9NO3S2/c1-4(8)10-2-6(9)3-12-5(11)7-6/h9H,2-3H2,1H3,(H,7,11). The molecule has 0 bridgehead atoms. The molecule has 2 N–H and O–H groups in total. The summed E-state index contributed by atoms with van der Waals surface area (Å²) >= 11 is 6.13. The minimum absolute atomic E-state index is 0.0600. The van der Waals surface area contributed by atoms with Crippen molar-refractivity contribution in [3.63, 3.8) is 0 Å². The van der Waals surface area contributed by atoms with E-state index in [0.29, 0.717) is 10.1 Å². The van der Waals surface area contributed by atoms with Crippen LogP contribution in [0.4, 0.5) is 0 Å². The number of esters is 1. The van der Waals surface area contributed by atoms with Crippen molar-refractivity contribution in [2.75, 3.05) is 12.4 Å². The third-order valence-electron chi connectivity index (χ3n) is 1.29. The first kappa shape index (κ1) is 9.76. The van der Waals surface area contributed by atoms with Crippen LogP contribution in [0.25, 0.3) is 0 Å². The first-order chi connectivity index (χ1) is 5.52. The van der Waals surface area contributed by atoms with E-state index in [1.165, 1.54) is 18.7 Å². The Morgan fingerprint density at radius 1 is 2.00 bits per heavy atom. The van der Waals surface area contributed by atoms with Crippen LogP contribution in [0.3, 0.4) is 0 Å². The largest absolute Gasteiger partial charge is 0.461 e. The summed E-state index contributed by atoms with van der Waals surface area (Å²) in [5, 5.41) is 12.3. The highest BCUT2D eigenvalue weighted by Gasteiger charge is 2.35. The lowest BCUT2D eigenvalue weighted by atomic mass is 10.3. The number of hydrogen-bond donors (Lipinski definition) is 2. The van der Waals surface area contributed by atoms with Gasteiger partial charge in [0.25, 0.3) is 0 Å². The van der Waals surface area contributed by atoms with Crippen molar-refractivity contribution in [3.05, 3.63) is 0 Å². The van der Waals surface area contributed by atoms with Gasteiger partial charge >= 0.3 is 5.97 Å². The number of aliphatic hydroxyl groups is 1. The summed E-state index contributed by atoms with van der Waals surface area (Å²) in [7, 11) is 0. The van der Waals surface area contributed by atoms with E-state index < -0.39 is 11.7 Å². The maximum Gasteiger partial charge on any atom is 0.302 e. The topological polar surface area (TPSA) is 58.6 Å². The number of carbonyl (C=O) groups excluding carboxylic acids is 1. The van der Waals surface area contributed by atoms with E-state index in [1.807, 2.05) is 0 Å². The van der Waals surface area contributed by atoms with Gasteiger partial charge in [-0.2, -0.15) is 0 Å². The Morgan fingerprint density at radius 3 is 3.08 bits per heavy atom. The van der Waals surface area contributed by atoms with Gasteiger partial charge in [0, 0.05) is 6.92 Å². The summed E-state index contributed by atoms with van der Waals surface area (Å²) in [6.07, 6.45) is 0. The summed E-state index contributed by atoms with van der Waals surface area (Å²) in [5.41, 5.74) is -1.17. The Morgan fingerprint density at radius 2 is 2.67 bits per heavy atom. The van der Waals surface area contributed by atoms with E-state index in [1.54, 1.807) is 0 Å². The Bertz CT molecular complexity index is 221. The number of carbonyl (C=O) groups is 1. The van der Waals surface area contributed by atoms with Crippen molar-refractivity contribution in [1.82, 2.24) is 5.32 Å². The van der Waals surface area contributed by atoms with Gasteiger partial charge in [-0.15, -0.1) is 0 Å². The predicted octanol–water partition coefficient (Wildman–Crippen LogP) is -0.141. The molecule has 0 aromatic carbocycles. The third-order valence-corrected chi connectivity index (χ3v) is 2.73. The van der Waals surface area contributed by atoms with Crippen molar-refractivity contribution in [2.45, 2.75) is 12.6 Å². The number of thiocarbonyl (C=S) groups is 1. The molecule has 1 heterocycles. The van der Waals surface area contributed by atoms with E-state index in [2.05, 4.69) is 10.1 Å². The van der Waals surface area contributed by atoms with E-state index in [9.17, 15) is 9.90 Å². The summed E-state index contributed by atoms with van der Waals surface area (Å²) in [6, 6.07) is 0. The molecule has 0 spiro atoms. The monoisotopic (exact) mass is 207 g/mol. The van der Waals surface area contributed by atoms with Crippen LogP contribution in [0.2, 0.25) is 0 Å². The normalized spacial score (nSPS) is 28.3. The first-order valence-electron chi connectivity index (χ1n) is 3.32. The molecular weight excluding hydrogens is 198 g/mol. The van der Waals surface area contributed by atoms with Gasteiger partial charge in [0.1, 0.15) is 10.9 Å². The molecule has 1 rings (SSSR count). The highest BCUT2D eigenvalue weighted by Crippen LogP contribution is 2.21. The van der Waals surface area contributed by atoms with Gasteiger partial charge in [0.05, 0.1) is 5.75 Å². The SMILES string of the molecule is CC(=O)OCC1(O)CSC(=S)N1. The summed E-state index contributed by atoms with van der Waals surface area (Å²) in [5.74, 6) is 0.00657. The van der Waals surface area contributed by atoms with Crippen LogP contribution >= 0.6 is 24.0 Å². The van der Waals surface area contributed by atoms with E-state index in [4.69, 9.17) is 12.2 Å². The molecule has 0 amide bonds. The fourth-order valence-electron chi connectivity index (χ4n) is 0.746. The average Bonchev–Trinajstić information content (AvgIpc) is 2.29. The van der Waals surface area contributed by atoms with Crippen LogP contribution in [-0.4, -0.2) is 33.5 Å².